The first-order chi connectivity index (χ1) is 14.1. The monoisotopic (exact) mass is 447 g/mol. The van der Waals surface area contributed by atoms with Crippen LogP contribution in [0.25, 0.3) is 0 Å². The van der Waals surface area contributed by atoms with Crippen molar-refractivity contribution < 1.29 is 14.4 Å². The molecule has 30 heavy (non-hydrogen) atoms. The summed E-state index contributed by atoms with van der Waals surface area (Å²) in [6.45, 7) is 5.18. The molecule has 0 aromatic heterocycles. The number of nitrogens with zero attached hydrogens (tertiary/aromatic N) is 1. The van der Waals surface area contributed by atoms with Crippen LogP contribution in [-0.2, 0) is 15.1 Å². The van der Waals surface area contributed by atoms with Gasteiger partial charge in [0.2, 0.25) is 5.91 Å². The Hall–Kier alpha value is -2.57. The molecule has 2 atom stereocenters. The van der Waals surface area contributed by atoms with Gasteiger partial charge in [0.1, 0.15) is 12.1 Å². The Bertz CT molecular complexity index is 981. The van der Waals surface area contributed by atoms with Crippen molar-refractivity contribution in [2.75, 3.05) is 6.54 Å². The minimum absolute atomic E-state index is 0.126. The van der Waals surface area contributed by atoms with Gasteiger partial charge in [0.05, 0.1) is 16.1 Å². The molecule has 1 heterocycles. The summed E-state index contributed by atoms with van der Waals surface area (Å²) in [7, 11) is 0. The van der Waals surface area contributed by atoms with Crippen LogP contribution >= 0.6 is 23.2 Å². The number of urea groups is 1. The Balaban J connectivity index is 1.76. The summed E-state index contributed by atoms with van der Waals surface area (Å²) in [5.41, 5.74) is 0.115. The highest BCUT2D eigenvalue weighted by Crippen LogP contribution is 2.33. The third kappa shape index (κ3) is 4.30. The Morgan fingerprint density at radius 2 is 1.77 bits per heavy atom. The summed E-state index contributed by atoms with van der Waals surface area (Å²) in [5.74, 6) is -0.817. The number of rotatable bonds is 6. The number of nitrogens with one attached hydrogen (secondary N) is 2. The van der Waals surface area contributed by atoms with Crippen LogP contribution in [0.3, 0.4) is 0 Å². The van der Waals surface area contributed by atoms with Gasteiger partial charge in [-0.1, -0.05) is 73.4 Å². The second-order valence-corrected chi connectivity index (χ2v) is 8.59. The summed E-state index contributed by atoms with van der Waals surface area (Å²) >= 11 is 12.0. The maximum atomic E-state index is 13.0. The maximum Gasteiger partial charge on any atom is 0.325 e. The smallest absolute Gasteiger partial charge is 0.325 e. The largest absolute Gasteiger partial charge is 0.347 e. The molecule has 2 aromatic carbocycles. The van der Waals surface area contributed by atoms with Crippen LogP contribution in [0.15, 0.2) is 48.5 Å². The van der Waals surface area contributed by atoms with E-state index in [0.29, 0.717) is 10.6 Å². The number of carbonyl (C=O) groups is 3. The molecule has 0 bridgehead atoms. The fourth-order valence-corrected chi connectivity index (χ4v) is 3.80. The molecule has 0 unspecified atom stereocenters. The SMILES string of the molecule is CC(C)[C@H](NC(=O)CN1C(=O)N[C@](C)(c2ccc(Cl)c(Cl)c2)C1=O)c1ccccc1. The van der Waals surface area contributed by atoms with Crippen LogP contribution in [0, 0.1) is 5.92 Å². The molecule has 1 aliphatic heterocycles. The molecule has 1 fully saturated rings. The van der Waals surface area contributed by atoms with Gasteiger partial charge in [-0.2, -0.15) is 0 Å². The van der Waals surface area contributed by atoms with Gasteiger partial charge in [-0.3, -0.25) is 14.5 Å². The van der Waals surface area contributed by atoms with E-state index in [4.69, 9.17) is 23.2 Å². The summed E-state index contributed by atoms with van der Waals surface area (Å²) in [6, 6.07) is 13.4. The lowest BCUT2D eigenvalue weighted by atomic mass is 9.92. The molecular formula is C22H23Cl2N3O3. The van der Waals surface area contributed by atoms with E-state index in [2.05, 4.69) is 10.6 Å². The average molecular weight is 448 g/mol. The molecule has 158 valence electrons. The Morgan fingerprint density at radius 1 is 1.10 bits per heavy atom. The third-order valence-electron chi connectivity index (χ3n) is 5.22. The molecule has 0 radical (unpaired) electrons. The van der Waals surface area contributed by atoms with Gasteiger partial charge in [0.15, 0.2) is 0 Å². The van der Waals surface area contributed by atoms with Crippen LogP contribution in [-0.4, -0.2) is 29.3 Å². The summed E-state index contributed by atoms with van der Waals surface area (Å²) in [5, 5.41) is 6.21. The van der Waals surface area contributed by atoms with Crippen LogP contribution in [0.1, 0.15) is 37.9 Å². The van der Waals surface area contributed by atoms with Crippen molar-refractivity contribution in [1.82, 2.24) is 15.5 Å². The molecule has 0 saturated carbocycles. The lowest BCUT2D eigenvalue weighted by Gasteiger charge is -2.25. The van der Waals surface area contributed by atoms with Crippen molar-refractivity contribution in [2.24, 2.45) is 5.92 Å². The van der Waals surface area contributed by atoms with E-state index in [1.807, 2.05) is 44.2 Å². The van der Waals surface area contributed by atoms with Crippen LogP contribution in [0.2, 0.25) is 10.0 Å². The van der Waals surface area contributed by atoms with Crippen LogP contribution in [0.4, 0.5) is 4.79 Å². The molecule has 3 rings (SSSR count). The van der Waals surface area contributed by atoms with E-state index < -0.39 is 23.4 Å². The van der Waals surface area contributed by atoms with E-state index in [-0.39, 0.29) is 23.5 Å². The van der Waals surface area contributed by atoms with Crippen molar-refractivity contribution in [1.29, 1.82) is 0 Å². The zero-order valence-electron chi connectivity index (χ0n) is 16.9. The van der Waals surface area contributed by atoms with Gasteiger partial charge >= 0.3 is 6.03 Å². The van der Waals surface area contributed by atoms with Gasteiger partial charge in [-0.15, -0.1) is 0 Å². The first-order valence-corrected chi connectivity index (χ1v) is 10.3. The second kappa shape index (κ2) is 8.66. The minimum atomic E-state index is -1.33. The third-order valence-corrected chi connectivity index (χ3v) is 5.95. The van der Waals surface area contributed by atoms with Crippen molar-refractivity contribution in [3.63, 3.8) is 0 Å². The highest BCUT2D eigenvalue weighted by Gasteiger charge is 2.49. The summed E-state index contributed by atoms with van der Waals surface area (Å²) in [6.07, 6.45) is 0. The molecule has 0 aliphatic carbocycles. The van der Waals surface area contributed by atoms with E-state index in [1.54, 1.807) is 19.1 Å². The van der Waals surface area contributed by atoms with Gasteiger partial charge in [0, 0.05) is 0 Å². The number of amides is 4. The maximum absolute atomic E-state index is 13.0. The zero-order chi connectivity index (χ0) is 22.1. The van der Waals surface area contributed by atoms with E-state index >= 15 is 0 Å². The number of hydrogen-bond acceptors (Lipinski definition) is 3. The summed E-state index contributed by atoms with van der Waals surface area (Å²) < 4.78 is 0. The number of carbonyl (C=O) groups excluding carboxylic acids is 3. The van der Waals surface area contributed by atoms with Crippen molar-refractivity contribution in [3.05, 3.63) is 69.7 Å². The minimum Gasteiger partial charge on any atom is -0.347 e. The van der Waals surface area contributed by atoms with Crippen molar-refractivity contribution in [3.8, 4) is 0 Å². The Kier molecular flexibility index (Phi) is 6.38. The normalized spacial score (nSPS) is 19.7. The molecule has 8 heteroatoms. The highest BCUT2D eigenvalue weighted by atomic mass is 35.5. The van der Waals surface area contributed by atoms with Gasteiger partial charge in [0.25, 0.3) is 5.91 Å². The first kappa shape index (κ1) is 22.1. The lowest BCUT2D eigenvalue weighted by molar-refractivity contribution is -0.135. The molecule has 1 aliphatic rings. The fraction of sp³-hybridized carbons (Fsp3) is 0.318. The number of benzene rings is 2. The highest BCUT2D eigenvalue weighted by molar-refractivity contribution is 6.42. The van der Waals surface area contributed by atoms with E-state index in [1.165, 1.54) is 6.07 Å². The molecule has 1 saturated heterocycles. The number of imide groups is 1. The molecular weight excluding hydrogens is 425 g/mol. The van der Waals surface area contributed by atoms with Gasteiger partial charge in [-0.05, 0) is 36.1 Å². The first-order valence-electron chi connectivity index (χ1n) is 9.57. The molecule has 4 amide bonds. The average Bonchev–Trinajstić information content (AvgIpc) is 2.92. The van der Waals surface area contributed by atoms with Gasteiger partial charge in [-0.25, -0.2) is 4.79 Å². The quantitative estimate of drug-likeness (QED) is 0.648. The molecule has 2 N–H and O–H groups in total. The fourth-order valence-electron chi connectivity index (χ4n) is 3.50. The van der Waals surface area contributed by atoms with E-state index in [0.717, 1.165) is 10.5 Å². The van der Waals surface area contributed by atoms with Crippen molar-refractivity contribution in [2.45, 2.75) is 32.4 Å². The predicted molar refractivity (Wildman–Crippen MR) is 116 cm³/mol. The molecule has 2 aromatic rings. The van der Waals surface area contributed by atoms with E-state index in [9.17, 15) is 14.4 Å². The summed E-state index contributed by atoms with van der Waals surface area (Å²) in [4.78, 5) is 39.2. The second-order valence-electron chi connectivity index (χ2n) is 7.78. The van der Waals surface area contributed by atoms with Gasteiger partial charge < -0.3 is 10.6 Å². The van der Waals surface area contributed by atoms with Crippen molar-refractivity contribution >= 4 is 41.0 Å². The molecule has 0 spiro atoms. The van der Waals surface area contributed by atoms with Crippen LogP contribution < -0.4 is 10.6 Å². The number of hydrogen-bond donors (Lipinski definition) is 2. The predicted octanol–water partition coefficient (Wildman–Crippen LogP) is 4.27. The lowest BCUT2D eigenvalue weighted by Crippen LogP contribution is -2.44. The topological polar surface area (TPSA) is 78.5 Å². The van der Waals surface area contributed by atoms with Crippen LogP contribution in [0.5, 0.6) is 0 Å². The number of halogens is 2. The Morgan fingerprint density at radius 3 is 2.37 bits per heavy atom. The molecule has 6 nitrogen and oxygen atoms in total. The zero-order valence-corrected chi connectivity index (χ0v) is 18.4. The standard InChI is InChI=1S/C22H23Cl2N3O3/c1-13(2)19(14-7-5-4-6-8-14)25-18(28)12-27-20(29)22(3,26-21(27)30)15-9-10-16(23)17(24)11-15/h4-11,13,19H,12H2,1-3H3,(H,25,28)(H,26,30)/t19-,22+/m0/s1. The Labute approximate surface area is 185 Å².